The quantitative estimate of drug-likeness (QED) is 0.832. The van der Waals surface area contributed by atoms with Crippen LogP contribution in [0.4, 0.5) is 5.69 Å². The van der Waals surface area contributed by atoms with Gasteiger partial charge in [-0.15, -0.1) is 0 Å². The van der Waals surface area contributed by atoms with Crippen molar-refractivity contribution in [3.63, 3.8) is 0 Å². The van der Waals surface area contributed by atoms with Crippen molar-refractivity contribution >= 4 is 17.3 Å². The molecule has 0 spiro atoms. The van der Waals surface area contributed by atoms with Gasteiger partial charge in [-0.05, 0) is 30.5 Å². The summed E-state index contributed by atoms with van der Waals surface area (Å²) in [5.41, 5.74) is 1.84. The smallest absolute Gasteiger partial charge is 0.0762 e. The molecule has 0 saturated heterocycles. The van der Waals surface area contributed by atoms with Gasteiger partial charge < -0.3 is 14.7 Å². The molecule has 1 rings (SSSR count). The number of ether oxygens (including phenoxy) is 1. The largest absolute Gasteiger partial charge is 0.389 e. The minimum absolute atomic E-state index is 0.496. The fourth-order valence-corrected chi connectivity index (χ4v) is 2.30. The summed E-state index contributed by atoms with van der Waals surface area (Å²) >= 11 is 6.34. The Balaban J connectivity index is 2.94. The van der Waals surface area contributed by atoms with Crippen molar-refractivity contribution in [1.29, 1.82) is 0 Å². The minimum atomic E-state index is -0.496. The summed E-state index contributed by atoms with van der Waals surface area (Å²) in [5.74, 6) is 0.546. The Labute approximate surface area is 121 Å². The third-order valence-electron chi connectivity index (χ3n) is 2.95. The number of aliphatic hydroxyl groups is 1. The molecule has 19 heavy (non-hydrogen) atoms. The SMILES string of the molecule is COCCN(CC(C)C)c1ccc([C@@H](C)O)cc1Cl. The highest BCUT2D eigenvalue weighted by molar-refractivity contribution is 6.33. The van der Waals surface area contributed by atoms with Gasteiger partial charge in [-0.3, -0.25) is 0 Å². The number of hydrogen-bond acceptors (Lipinski definition) is 3. The fourth-order valence-electron chi connectivity index (χ4n) is 1.99. The lowest BCUT2D eigenvalue weighted by molar-refractivity contribution is 0.199. The van der Waals surface area contributed by atoms with Crippen molar-refractivity contribution in [1.82, 2.24) is 0 Å². The molecule has 108 valence electrons. The second-order valence-corrected chi connectivity index (χ2v) is 5.63. The summed E-state index contributed by atoms with van der Waals surface area (Å²) in [6.07, 6.45) is -0.496. The third kappa shape index (κ3) is 5.01. The van der Waals surface area contributed by atoms with E-state index >= 15 is 0 Å². The Hall–Kier alpha value is -0.770. The lowest BCUT2D eigenvalue weighted by Gasteiger charge is -2.27. The van der Waals surface area contributed by atoms with Gasteiger partial charge in [0.2, 0.25) is 0 Å². The van der Waals surface area contributed by atoms with Gasteiger partial charge in [0, 0.05) is 20.2 Å². The van der Waals surface area contributed by atoms with E-state index < -0.39 is 6.10 Å². The first kappa shape index (κ1) is 16.3. The number of benzene rings is 1. The van der Waals surface area contributed by atoms with Crippen LogP contribution in [0.2, 0.25) is 5.02 Å². The first-order chi connectivity index (χ1) is 8.95. The average molecular weight is 286 g/mol. The van der Waals surface area contributed by atoms with Gasteiger partial charge in [0.15, 0.2) is 0 Å². The van der Waals surface area contributed by atoms with Crippen molar-refractivity contribution < 1.29 is 9.84 Å². The van der Waals surface area contributed by atoms with E-state index in [2.05, 4.69) is 18.7 Å². The van der Waals surface area contributed by atoms with Gasteiger partial charge in [0.05, 0.1) is 23.4 Å². The van der Waals surface area contributed by atoms with Crippen molar-refractivity contribution in [2.24, 2.45) is 5.92 Å². The molecule has 0 unspecified atom stereocenters. The second kappa shape index (κ2) is 7.73. The molecule has 0 fully saturated rings. The summed E-state index contributed by atoms with van der Waals surface area (Å²) < 4.78 is 5.15. The van der Waals surface area contributed by atoms with Gasteiger partial charge in [-0.1, -0.05) is 31.5 Å². The van der Waals surface area contributed by atoms with Crippen LogP contribution in [0.3, 0.4) is 0 Å². The van der Waals surface area contributed by atoms with Gasteiger partial charge in [-0.25, -0.2) is 0 Å². The monoisotopic (exact) mass is 285 g/mol. The molecule has 0 heterocycles. The van der Waals surface area contributed by atoms with Crippen molar-refractivity contribution in [3.8, 4) is 0 Å². The van der Waals surface area contributed by atoms with Crippen LogP contribution in [-0.4, -0.2) is 31.9 Å². The minimum Gasteiger partial charge on any atom is -0.389 e. The molecule has 1 aromatic rings. The zero-order chi connectivity index (χ0) is 14.4. The average Bonchev–Trinajstić information content (AvgIpc) is 2.34. The molecule has 1 atom stereocenters. The van der Waals surface area contributed by atoms with Crippen molar-refractivity contribution in [2.45, 2.75) is 26.9 Å². The van der Waals surface area contributed by atoms with Crippen molar-refractivity contribution in [3.05, 3.63) is 28.8 Å². The Morgan fingerprint density at radius 1 is 1.32 bits per heavy atom. The Morgan fingerprint density at radius 3 is 2.47 bits per heavy atom. The van der Waals surface area contributed by atoms with Crippen molar-refractivity contribution in [2.75, 3.05) is 31.7 Å². The van der Waals surface area contributed by atoms with E-state index in [0.29, 0.717) is 17.5 Å². The molecule has 0 aliphatic rings. The molecule has 0 aromatic heterocycles. The first-order valence-corrected chi connectivity index (χ1v) is 7.05. The van der Waals surface area contributed by atoms with E-state index in [1.165, 1.54) is 0 Å². The normalized spacial score (nSPS) is 12.8. The van der Waals surface area contributed by atoms with Crippen LogP contribution < -0.4 is 4.90 Å². The predicted molar refractivity (Wildman–Crippen MR) is 81.0 cm³/mol. The van der Waals surface area contributed by atoms with Crippen LogP contribution >= 0.6 is 11.6 Å². The fraction of sp³-hybridized carbons (Fsp3) is 0.600. The van der Waals surface area contributed by atoms with E-state index in [-0.39, 0.29) is 0 Å². The molecule has 4 heteroatoms. The van der Waals surface area contributed by atoms with Crippen LogP contribution in [0.1, 0.15) is 32.4 Å². The van der Waals surface area contributed by atoms with E-state index in [1.807, 2.05) is 18.2 Å². The van der Waals surface area contributed by atoms with E-state index in [0.717, 1.165) is 24.3 Å². The molecule has 1 N–H and O–H groups in total. The number of anilines is 1. The van der Waals surface area contributed by atoms with Crippen LogP contribution in [-0.2, 0) is 4.74 Å². The summed E-state index contributed by atoms with van der Waals surface area (Å²) in [6, 6.07) is 5.73. The maximum absolute atomic E-state index is 9.57. The Bertz CT molecular complexity index is 394. The molecular weight excluding hydrogens is 262 g/mol. The Kier molecular flexibility index (Phi) is 6.63. The zero-order valence-corrected chi connectivity index (χ0v) is 12.9. The van der Waals surface area contributed by atoms with Crippen LogP contribution in [0.25, 0.3) is 0 Å². The standard InChI is InChI=1S/C15H24ClNO2/c1-11(2)10-17(7-8-19-4)15-6-5-13(12(3)18)9-14(15)16/h5-6,9,11-12,18H,7-8,10H2,1-4H3/t12-/m1/s1. The molecule has 0 aliphatic heterocycles. The number of nitrogens with zero attached hydrogens (tertiary/aromatic N) is 1. The first-order valence-electron chi connectivity index (χ1n) is 6.67. The number of halogens is 1. The van der Waals surface area contributed by atoms with E-state index in [4.69, 9.17) is 16.3 Å². The number of hydrogen-bond donors (Lipinski definition) is 1. The highest BCUT2D eigenvalue weighted by atomic mass is 35.5. The molecule has 0 bridgehead atoms. The maximum atomic E-state index is 9.57. The van der Waals surface area contributed by atoms with Crippen LogP contribution in [0.5, 0.6) is 0 Å². The third-order valence-corrected chi connectivity index (χ3v) is 3.25. The molecule has 0 aliphatic carbocycles. The Morgan fingerprint density at radius 2 is 2.00 bits per heavy atom. The molecular formula is C15H24ClNO2. The summed E-state index contributed by atoms with van der Waals surface area (Å²) in [5, 5.41) is 10.2. The molecule has 0 saturated carbocycles. The highest BCUT2D eigenvalue weighted by Crippen LogP contribution is 2.29. The van der Waals surface area contributed by atoms with Gasteiger partial charge in [0.25, 0.3) is 0 Å². The topological polar surface area (TPSA) is 32.7 Å². The van der Waals surface area contributed by atoms with Crippen LogP contribution in [0.15, 0.2) is 18.2 Å². The molecule has 3 nitrogen and oxygen atoms in total. The predicted octanol–water partition coefficient (Wildman–Crippen LogP) is 3.50. The van der Waals surface area contributed by atoms with E-state index in [9.17, 15) is 5.11 Å². The maximum Gasteiger partial charge on any atom is 0.0762 e. The summed E-state index contributed by atoms with van der Waals surface area (Å²) in [7, 11) is 1.70. The second-order valence-electron chi connectivity index (χ2n) is 5.22. The highest BCUT2D eigenvalue weighted by Gasteiger charge is 2.13. The van der Waals surface area contributed by atoms with Gasteiger partial charge >= 0.3 is 0 Å². The van der Waals surface area contributed by atoms with Gasteiger partial charge in [0.1, 0.15) is 0 Å². The van der Waals surface area contributed by atoms with Gasteiger partial charge in [-0.2, -0.15) is 0 Å². The van der Waals surface area contributed by atoms with E-state index in [1.54, 1.807) is 14.0 Å². The summed E-state index contributed by atoms with van der Waals surface area (Å²) in [6.45, 7) is 8.50. The number of methoxy groups -OCH3 is 1. The zero-order valence-electron chi connectivity index (χ0n) is 12.2. The number of aliphatic hydroxyl groups excluding tert-OH is 1. The molecule has 0 radical (unpaired) electrons. The number of rotatable bonds is 7. The molecule has 0 amide bonds. The molecule has 1 aromatic carbocycles. The summed E-state index contributed by atoms with van der Waals surface area (Å²) in [4.78, 5) is 2.22. The lowest BCUT2D eigenvalue weighted by Crippen LogP contribution is -2.31. The van der Waals surface area contributed by atoms with Crippen LogP contribution in [0, 0.1) is 5.92 Å². The lowest BCUT2D eigenvalue weighted by atomic mass is 10.1.